The Bertz CT molecular complexity index is 838. The summed E-state index contributed by atoms with van der Waals surface area (Å²) in [5.41, 5.74) is 6.43. The monoisotopic (exact) mass is 378 g/mol. The first-order valence-electron chi connectivity index (χ1n) is 6.28. The first kappa shape index (κ1) is 16.5. The summed E-state index contributed by atoms with van der Waals surface area (Å²) in [7, 11) is 1.18. The SMILES string of the molecule is COC(=O)c1c(N)c(C#N)cn1-c1cccc([N+](=O)[O-])c1CBr. The van der Waals surface area contributed by atoms with E-state index in [0.717, 1.165) is 0 Å². The number of esters is 1. The minimum atomic E-state index is -0.740. The number of rotatable bonds is 4. The third kappa shape index (κ3) is 2.76. The van der Waals surface area contributed by atoms with Crippen LogP contribution in [0.3, 0.4) is 0 Å². The molecule has 0 saturated heterocycles. The summed E-state index contributed by atoms with van der Waals surface area (Å²) < 4.78 is 6.03. The smallest absolute Gasteiger partial charge is 0.357 e. The Kier molecular flexibility index (Phi) is 4.66. The van der Waals surface area contributed by atoms with Gasteiger partial charge in [-0.2, -0.15) is 5.26 Å². The number of methoxy groups -OCH3 is 1. The lowest BCUT2D eigenvalue weighted by Crippen LogP contribution is -2.12. The number of hydrogen-bond acceptors (Lipinski definition) is 6. The van der Waals surface area contributed by atoms with Gasteiger partial charge in [0.05, 0.1) is 34.5 Å². The number of alkyl halides is 1. The Morgan fingerprint density at radius 1 is 1.57 bits per heavy atom. The lowest BCUT2D eigenvalue weighted by Gasteiger charge is -2.12. The zero-order valence-electron chi connectivity index (χ0n) is 11.9. The molecule has 0 amide bonds. The molecule has 0 unspecified atom stereocenters. The van der Waals surface area contributed by atoms with E-state index in [4.69, 9.17) is 15.7 Å². The van der Waals surface area contributed by atoms with Gasteiger partial charge < -0.3 is 15.0 Å². The van der Waals surface area contributed by atoms with Crippen molar-refractivity contribution in [2.24, 2.45) is 0 Å². The second-order valence-electron chi connectivity index (χ2n) is 4.44. The van der Waals surface area contributed by atoms with Gasteiger partial charge in [0.2, 0.25) is 0 Å². The van der Waals surface area contributed by atoms with Crippen LogP contribution >= 0.6 is 15.9 Å². The highest BCUT2D eigenvalue weighted by atomic mass is 79.9. The molecule has 0 fully saturated rings. The minimum Gasteiger partial charge on any atom is -0.464 e. The van der Waals surface area contributed by atoms with E-state index < -0.39 is 10.9 Å². The van der Waals surface area contributed by atoms with Gasteiger partial charge in [-0.1, -0.05) is 22.0 Å². The van der Waals surface area contributed by atoms with E-state index in [2.05, 4.69) is 15.9 Å². The summed E-state index contributed by atoms with van der Waals surface area (Å²) >= 11 is 3.22. The Morgan fingerprint density at radius 3 is 2.78 bits per heavy atom. The summed E-state index contributed by atoms with van der Waals surface area (Å²) in [6.07, 6.45) is 1.35. The lowest BCUT2D eigenvalue weighted by atomic mass is 10.1. The van der Waals surface area contributed by atoms with Crippen molar-refractivity contribution < 1.29 is 14.5 Å². The predicted octanol–water partition coefficient (Wildman–Crippen LogP) is 2.52. The molecular formula is C14H11BrN4O4. The fourth-order valence-corrected chi connectivity index (χ4v) is 2.78. The Morgan fingerprint density at radius 2 is 2.26 bits per heavy atom. The van der Waals surface area contributed by atoms with E-state index in [0.29, 0.717) is 11.3 Å². The topological polar surface area (TPSA) is 124 Å². The number of ether oxygens (including phenoxy) is 1. The molecule has 0 spiro atoms. The average Bonchev–Trinajstić information content (AvgIpc) is 2.89. The maximum atomic E-state index is 12.0. The van der Waals surface area contributed by atoms with Gasteiger partial charge in [0.25, 0.3) is 5.69 Å². The molecule has 0 aliphatic carbocycles. The summed E-state index contributed by atoms with van der Waals surface area (Å²) in [5, 5.41) is 20.5. The molecule has 0 aliphatic heterocycles. The second kappa shape index (κ2) is 6.50. The van der Waals surface area contributed by atoms with Gasteiger partial charge in [0.1, 0.15) is 6.07 Å². The number of nitrogens with two attached hydrogens (primary N) is 1. The molecular weight excluding hydrogens is 368 g/mol. The van der Waals surface area contributed by atoms with Crippen LogP contribution in [0.2, 0.25) is 0 Å². The first-order chi connectivity index (χ1) is 11.0. The van der Waals surface area contributed by atoms with Crippen LogP contribution in [0.25, 0.3) is 5.69 Å². The predicted molar refractivity (Wildman–Crippen MR) is 85.5 cm³/mol. The maximum Gasteiger partial charge on any atom is 0.357 e. The van der Waals surface area contributed by atoms with E-state index in [1.165, 1.54) is 30.0 Å². The number of aromatic nitrogens is 1. The Labute approximate surface area is 139 Å². The van der Waals surface area contributed by atoms with Gasteiger partial charge in [0, 0.05) is 17.6 Å². The molecule has 8 nitrogen and oxygen atoms in total. The Hall–Kier alpha value is -2.86. The normalized spacial score (nSPS) is 10.1. The van der Waals surface area contributed by atoms with Crippen molar-refractivity contribution >= 4 is 33.3 Å². The van der Waals surface area contributed by atoms with E-state index in [-0.39, 0.29) is 28.0 Å². The van der Waals surface area contributed by atoms with E-state index in [1.807, 2.05) is 6.07 Å². The molecule has 1 heterocycles. The van der Waals surface area contributed by atoms with Gasteiger partial charge in [-0.3, -0.25) is 10.1 Å². The molecule has 9 heteroatoms. The molecule has 2 rings (SSSR count). The van der Waals surface area contributed by atoms with Crippen LogP contribution in [0.15, 0.2) is 24.4 Å². The van der Waals surface area contributed by atoms with Crippen molar-refractivity contribution in [2.75, 3.05) is 12.8 Å². The van der Waals surface area contributed by atoms with Crippen LogP contribution in [0.1, 0.15) is 21.6 Å². The molecule has 0 radical (unpaired) electrons. The van der Waals surface area contributed by atoms with Gasteiger partial charge in [0.15, 0.2) is 5.69 Å². The number of nitriles is 1. The third-order valence-corrected chi connectivity index (χ3v) is 3.82. The van der Waals surface area contributed by atoms with E-state index in [1.54, 1.807) is 6.07 Å². The fraction of sp³-hybridized carbons (Fsp3) is 0.143. The number of nitrogens with zero attached hydrogens (tertiary/aromatic N) is 3. The second-order valence-corrected chi connectivity index (χ2v) is 5.00. The van der Waals surface area contributed by atoms with Crippen molar-refractivity contribution in [3.8, 4) is 11.8 Å². The van der Waals surface area contributed by atoms with Crippen LogP contribution in [0.5, 0.6) is 0 Å². The molecule has 2 N–H and O–H groups in total. The zero-order chi connectivity index (χ0) is 17.1. The number of carbonyl (C=O) groups excluding carboxylic acids is 1. The average molecular weight is 379 g/mol. The van der Waals surface area contributed by atoms with Gasteiger partial charge in [-0.05, 0) is 6.07 Å². The summed E-state index contributed by atoms with van der Waals surface area (Å²) in [5.74, 6) is -0.740. The highest BCUT2D eigenvalue weighted by Crippen LogP contribution is 2.31. The summed E-state index contributed by atoms with van der Waals surface area (Å²) in [6, 6.07) is 6.32. The molecule has 1 aromatic carbocycles. The molecule has 1 aromatic heterocycles. The molecule has 0 bridgehead atoms. The Balaban J connectivity index is 2.83. The molecule has 23 heavy (non-hydrogen) atoms. The molecule has 118 valence electrons. The molecule has 0 aliphatic rings. The highest BCUT2D eigenvalue weighted by molar-refractivity contribution is 9.08. The first-order valence-corrected chi connectivity index (χ1v) is 7.40. The van der Waals surface area contributed by atoms with Crippen molar-refractivity contribution in [3.05, 3.63) is 51.3 Å². The summed E-state index contributed by atoms with van der Waals surface area (Å²) in [4.78, 5) is 22.7. The van der Waals surface area contributed by atoms with Crippen molar-refractivity contribution in [3.63, 3.8) is 0 Å². The van der Waals surface area contributed by atoms with Crippen LogP contribution in [-0.2, 0) is 10.1 Å². The van der Waals surface area contributed by atoms with Gasteiger partial charge in [-0.25, -0.2) is 4.79 Å². The number of benzene rings is 1. The number of anilines is 1. The molecule has 2 aromatic rings. The maximum absolute atomic E-state index is 12.0. The zero-order valence-corrected chi connectivity index (χ0v) is 13.5. The number of nitro benzene ring substituents is 1. The lowest BCUT2D eigenvalue weighted by molar-refractivity contribution is -0.385. The van der Waals surface area contributed by atoms with Crippen molar-refractivity contribution in [1.82, 2.24) is 4.57 Å². The van der Waals surface area contributed by atoms with Crippen LogP contribution in [0, 0.1) is 21.4 Å². The van der Waals surface area contributed by atoms with Crippen LogP contribution < -0.4 is 5.73 Å². The van der Waals surface area contributed by atoms with Gasteiger partial charge >= 0.3 is 5.97 Å². The number of hydrogen-bond donors (Lipinski definition) is 1. The van der Waals surface area contributed by atoms with E-state index >= 15 is 0 Å². The quantitative estimate of drug-likeness (QED) is 0.377. The minimum absolute atomic E-state index is 0.0358. The number of carbonyl (C=O) groups is 1. The van der Waals surface area contributed by atoms with Gasteiger partial charge in [-0.15, -0.1) is 0 Å². The molecule has 0 atom stereocenters. The fourth-order valence-electron chi connectivity index (χ4n) is 2.20. The highest BCUT2D eigenvalue weighted by Gasteiger charge is 2.25. The largest absolute Gasteiger partial charge is 0.464 e. The summed E-state index contributed by atoms with van der Waals surface area (Å²) in [6.45, 7) is 0. The number of nitro groups is 1. The van der Waals surface area contributed by atoms with Crippen molar-refractivity contribution in [2.45, 2.75) is 5.33 Å². The number of nitrogen functional groups attached to an aromatic ring is 1. The van der Waals surface area contributed by atoms with Crippen LogP contribution in [-0.4, -0.2) is 22.6 Å². The van der Waals surface area contributed by atoms with E-state index in [9.17, 15) is 14.9 Å². The molecule has 0 saturated carbocycles. The number of halogens is 1. The third-order valence-electron chi connectivity index (χ3n) is 3.26. The van der Waals surface area contributed by atoms with Crippen molar-refractivity contribution in [1.29, 1.82) is 5.26 Å². The van der Waals surface area contributed by atoms with Crippen LogP contribution in [0.4, 0.5) is 11.4 Å². The standard InChI is InChI=1S/C14H11BrN4O4/c1-23-14(20)13-12(17)8(6-16)7-18(13)10-3-2-4-11(19(21)22)9(10)5-15/h2-4,7H,5,17H2,1H3.